The first-order valence-corrected chi connectivity index (χ1v) is 8.66. The Morgan fingerprint density at radius 1 is 1.44 bits per heavy atom. The summed E-state index contributed by atoms with van der Waals surface area (Å²) in [4.78, 5) is 29.2. The molecule has 2 heterocycles. The normalized spacial score (nSPS) is 16.4. The summed E-state index contributed by atoms with van der Waals surface area (Å²) in [6.45, 7) is 1.63. The summed E-state index contributed by atoms with van der Waals surface area (Å²) in [6.07, 6.45) is -0.528. The van der Waals surface area contributed by atoms with E-state index in [0.29, 0.717) is 29.3 Å². The lowest BCUT2D eigenvalue weighted by molar-refractivity contribution is -0.139. The second kappa shape index (κ2) is 6.89. The minimum absolute atomic E-state index is 0.293. The SMILES string of the molecule is Cc1nc2c(s1)[C@@H](c1cc(Cl)ccc1OCC(=O)O)N(C(=O)O)CC2. The highest BCUT2D eigenvalue weighted by Gasteiger charge is 2.36. The van der Waals surface area contributed by atoms with Gasteiger partial charge in [-0.05, 0) is 25.1 Å². The minimum atomic E-state index is -1.12. The summed E-state index contributed by atoms with van der Waals surface area (Å²) in [6, 6.07) is 4.12. The van der Waals surface area contributed by atoms with E-state index in [4.69, 9.17) is 21.4 Å². The topological polar surface area (TPSA) is 100.0 Å². The van der Waals surface area contributed by atoms with Gasteiger partial charge in [0.15, 0.2) is 6.61 Å². The lowest BCUT2D eigenvalue weighted by Crippen LogP contribution is -2.39. The standard InChI is InChI=1S/C16H15ClN2O5S/c1-8-18-11-4-5-19(16(22)23)14(15(11)25-8)10-6-9(17)2-3-12(10)24-7-13(20)21/h2-3,6,14H,4-5,7H2,1H3,(H,20,21)(H,22,23)/t14-/m1/s1. The van der Waals surface area contributed by atoms with Crippen molar-refractivity contribution < 1.29 is 24.5 Å². The number of halogens is 1. The molecule has 1 aliphatic rings. The second-order valence-corrected chi connectivity index (χ2v) is 7.21. The number of aryl methyl sites for hydroxylation is 1. The molecule has 0 aliphatic carbocycles. The van der Waals surface area contributed by atoms with Crippen molar-refractivity contribution in [1.29, 1.82) is 0 Å². The fourth-order valence-electron chi connectivity index (χ4n) is 2.89. The zero-order valence-electron chi connectivity index (χ0n) is 13.2. The summed E-state index contributed by atoms with van der Waals surface area (Å²) in [7, 11) is 0. The van der Waals surface area contributed by atoms with Gasteiger partial charge in [-0.1, -0.05) is 11.6 Å². The van der Waals surface area contributed by atoms with Crippen molar-refractivity contribution >= 4 is 35.0 Å². The number of benzene rings is 1. The third-order valence-corrected chi connectivity index (χ3v) is 5.15. The average Bonchev–Trinajstić information content (AvgIpc) is 2.92. The molecule has 0 saturated heterocycles. The molecule has 1 aromatic heterocycles. The van der Waals surface area contributed by atoms with Gasteiger partial charge in [0.2, 0.25) is 0 Å². The van der Waals surface area contributed by atoms with Crippen LogP contribution in [0.2, 0.25) is 5.02 Å². The summed E-state index contributed by atoms with van der Waals surface area (Å²) < 4.78 is 5.36. The molecule has 2 aromatic rings. The molecular formula is C16H15ClN2O5S. The highest BCUT2D eigenvalue weighted by Crippen LogP contribution is 2.42. The number of thiazole rings is 1. The van der Waals surface area contributed by atoms with E-state index >= 15 is 0 Å². The lowest BCUT2D eigenvalue weighted by atomic mass is 9.97. The van der Waals surface area contributed by atoms with Crippen LogP contribution in [0.4, 0.5) is 4.79 Å². The Morgan fingerprint density at radius 3 is 2.88 bits per heavy atom. The van der Waals surface area contributed by atoms with Crippen molar-refractivity contribution in [3.05, 3.63) is 44.4 Å². The number of carboxylic acid groups (broad SMARTS) is 2. The van der Waals surface area contributed by atoms with Crippen LogP contribution in [-0.4, -0.2) is 45.3 Å². The zero-order chi connectivity index (χ0) is 18.1. The third kappa shape index (κ3) is 3.54. The van der Waals surface area contributed by atoms with E-state index in [1.807, 2.05) is 6.92 Å². The number of hydrogen-bond donors (Lipinski definition) is 2. The molecule has 0 unspecified atom stereocenters. The Kier molecular flexibility index (Phi) is 4.82. The third-order valence-electron chi connectivity index (χ3n) is 3.85. The van der Waals surface area contributed by atoms with Gasteiger partial charge in [0.05, 0.1) is 15.6 Å². The number of ether oxygens (including phenoxy) is 1. The number of nitrogens with zero attached hydrogens (tertiary/aromatic N) is 2. The molecule has 3 rings (SSSR count). The first-order valence-electron chi connectivity index (χ1n) is 7.46. The van der Waals surface area contributed by atoms with Crippen LogP contribution >= 0.6 is 22.9 Å². The van der Waals surface area contributed by atoms with Gasteiger partial charge in [0, 0.05) is 23.6 Å². The molecule has 1 amide bonds. The van der Waals surface area contributed by atoms with Crippen LogP contribution < -0.4 is 4.74 Å². The van der Waals surface area contributed by atoms with Crippen LogP contribution in [0.25, 0.3) is 0 Å². The smallest absolute Gasteiger partial charge is 0.408 e. The van der Waals surface area contributed by atoms with Crippen LogP contribution in [-0.2, 0) is 11.2 Å². The van der Waals surface area contributed by atoms with Gasteiger partial charge in [-0.2, -0.15) is 0 Å². The highest BCUT2D eigenvalue weighted by molar-refractivity contribution is 7.11. The molecular weight excluding hydrogens is 368 g/mol. The van der Waals surface area contributed by atoms with E-state index in [0.717, 1.165) is 15.6 Å². The predicted octanol–water partition coefficient (Wildman–Crippen LogP) is 3.19. The van der Waals surface area contributed by atoms with Crippen LogP contribution in [0.15, 0.2) is 18.2 Å². The van der Waals surface area contributed by atoms with E-state index < -0.39 is 24.7 Å². The number of aromatic nitrogens is 1. The molecule has 0 bridgehead atoms. The maximum Gasteiger partial charge on any atom is 0.408 e. The van der Waals surface area contributed by atoms with Crippen molar-refractivity contribution in [1.82, 2.24) is 9.88 Å². The van der Waals surface area contributed by atoms with Gasteiger partial charge in [-0.15, -0.1) is 11.3 Å². The number of rotatable bonds is 4. The number of carbonyl (C=O) groups is 2. The molecule has 25 heavy (non-hydrogen) atoms. The number of amides is 1. The first kappa shape index (κ1) is 17.5. The van der Waals surface area contributed by atoms with Crippen molar-refractivity contribution in [3.63, 3.8) is 0 Å². The molecule has 1 atom stereocenters. The number of hydrogen-bond acceptors (Lipinski definition) is 5. The first-order chi connectivity index (χ1) is 11.9. The Hall–Kier alpha value is -2.32. The maximum atomic E-state index is 11.8. The monoisotopic (exact) mass is 382 g/mol. The fourth-order valence-corrected chi connectivity index (χ4v) is 4.18. The Bertz CT molecular complexity index is 838. The van der Waals surface area contributed by atoms with E-state index in [-0.39, 0.29) is 0 Å². The minimum Gasteiger partial charge on any atom is -0.482 e. The van der Waals surface area contributed by atoms with Crippen LogP contribution in [0.3, 0.4) is 0 Å². The molecule has 1 aromatic carbocycles. The maximum absolute atomic E-state index is 11.8. The molecule has 7 nitrogen and oxygen atoms in total. The van der Waals surface area contributed by atoms with E-state index in [9.17, 15) is 14.7 Å². The quantitative estimate of drug-likeness (QED) is 0.842. The molecule has 0 saturated carbocycles. The predicted molar refractivity (Wildman–Crippen MR) is 91.7 cm³/mol. The van der Waals surface area contributed by atoms with Gasteiger partial charge in [-0.3, -0.25) is 4.90 Å². The van der Waals surface area contributed by atoms with Crippen LogP contribution in [0.1, 0.15) is 27.2 Å². The van der Waals surface area contributed by atoms with Gasteiger partial charge in [0.1, 0.15) is 11.8 Å². The largest absolute Gasteiger partial charge is 0.482 e. The van der Waals surface area contributed by atoms with Crippen molar-refractivity contribution in [3.8, 4) is 5.75 Å². The Balaban J connectivity index is 2.12. The van der Waals surface area contributed by atoms with Crippen LogP contribution in [0, 0.1) is 6.92 Å². The van der Waals surface area contributed by atoms with Crippen LogP contribution in [0.5, 0.6) is 5.75 Å². The summed E-state index contributed by atoms with van der Waals surface area (Å²) in [5.74, 6) is -0.823. The van der Waals surface area contributed by atoms with Crippen molar-refractivity contribution in [2.24, 2.45) is 0 Å². The second-order valence-electron chi connectivity index (χ2n) is 5.54. The molecule has 0 spiro atoms. The van der Waals surface area contributed by atoms with Crippen molar-refractivity contribution in [2.75, 3.05) is 13.2 Å². The summed E-state index contributed by atoms with van der Waals surface area (Å²) in [5.41, 5.74) is 1.37. The highest BCUT2D eigenvalue weighted by atomic mass is 35.5. The molecule has 1 aliphatic heterocycles. The van der Waals surface area contributed by atoms with E-state index in [2.05, 4.69) is 4.98 Å². The average molecular weight is 383 g/mol. The molecule has 9 heteroatoms. The summed E-state index contributed by atoms with van der Waals surface area (Å²) >= 11 is 7.53. The lowest BCUT2D eigenvalue weighted by Gasteiger charge is -2.34. The van der Waals surface area contributed by atoms with E-state index in [1.165, 1.54) is 16.2 Å². The number of aliphatic carboxylic acids is 1. The molecule has 2 N–H and O–H groups in total. The fraction of sp³-hybridized carbons (Fsp3) is 0.312. The van der Waals surface area contributed by atoms with Crippen molar-refractivity contribution in [2.45, 2.75) is 19.4 Å². The number of fused-ring (bicyclic) bond motifs is 1. The van der Waals surface area contributed by atoms with Gasteiger partial charge in [-0.25, -0.2) is 14.6 Å². The Morgan fingerprint density at radius 2 is 2.20 bits per heavy atom. The molecule has 0 radical (unpaired) electrons. The molecule has 0 fully saturated rings. The molecule has 132 valence electrons. The summed E-state index contributed by atoms with van der Waals surface area (Å²) in [5, 5.41) is 19.7. The number of carboxylic acids is 1. The Labute approximate surface area is 152 Å². The van der Waals surface area contributed by atoms with E-state index in [1.54, 1.807) is 18.2 Å². The van der Waals surface area contributed by atoms with Gasteiger partial charge >= 0.3 is 12.1 Å². The van der Waals surface area contributed by atoms with Gasteiger partial charge in [0.25, 0.3) is 0 Å². The van der Waals surface area contributed by atoms with Gasteiger partial charge < -0.3 is 14.9 Å². The zero-order valence-corrected chi connectivity index (χ0v) is 14.8.